The van der Waals surface area contributed by atoms with Gasteiger partial charge in [0.15, 0.2) is 0 Å². The summed E-state index contributed by atoms with van der Waals surface area (Å²) in [6, 6.07) is 0. The van der Waals surface area contributed by atoms with Crippen molar-refractivity contribution < 1.29 is 9.59 Å². The minimum absolute atomic E-state index is 0.348. The second-order valence-corrected chi connectivity index (χ2v) is 4.05. The maximum absolute atomic E-state index is 11.5. The molecule has 82 valence electrons. The first-order chi connectivity index (χ1) is 7.00. The Kier molecular flexibility index (Phi) is 4.17. The van der Waals surface area contributed by atoms with Crippen LogP contribution in [0.15, 0.2) is 22.8 Å². The van der Waals surface area contributed by atoms with Gasteiger partial charge in [-0.3, -0.25) is 20.4 Å². The largest absolute Gasteiger partial charge is 0.274 e. The van der Waals surface area contributed by atoms with Gasteiger partial charge in [-0.1, -0.05) is 17.7 Å². The molecule has 0 spiro atoms. The van der Waals surface area contributed by atoms with Gasteiger partial charge in [-0.2, -0.15) is 0 Å². The minimum Gasteiger partial charge on any atom is -0.274 e. The Morgan fingerprint density at radius 2 is 2.07 bits per heavy atom. The van der Waals surface area contributed by atoms with Crippen LogP contribution in [0.3, 0.4) is 0 Å². The van der Waals surface area contributed by atoms with Gasteiger partial charge < -0.3 is 0 Å². The lowest BCUT2D eigenvalue weighted by Crippen LogP contribution is -2.42. The van der Waals surface area contributed by atoms with Crippen LogP contribution in [-0.4, -0.2) is 17.2 Å². The molecule has 0 aliphatic heterocycles. The average molecular weight is 249 g/mol. The molecule has 6 heteroatoms. The van der Waals surface area contributed by atoms with Crippen molar-refractivity contribution in [1.29, 1.82) is 0 Å². The average Bonchev–Trinajstić information content (AvgIpc) is 2.14. The van der Waals surface area contributed by atoms with Crippen LogP contribution >= 0.6 is 23.2 Å². The van der Waals surface area contributed by atoms with Crippen LogP contribution in [0.4, 0.5) is 0 Å². The summed E-state index contributed by atoms with van der Waals surface area (Å²) in [5, 5.41) is 0.141. The first kappa shape index (κ1) is 12.1. The van der Waals surface area contributed by atoms with Crippen molar-refractivity contribution in [3.8, 4) is 0 Å². The van der Waals surface area contributed by atoms with Crippen LogP contribution in [0.25, 0.3) is 0 Å². The summed E-state index contributed by atoms with van der Waals surface area (Å²) in [5.41, 5.74) is 4.80. The molecule has 0 radical (unpaired) electrons. The number of hydrogen-bond donors (Lipinski definition) is 2. The van der Waals surface area contributed by atoms with Crippen molar-refractivity contribution >= 4 is 35.0 Å². The van der Waals surface area contributed by atoms with Crippen molar-refractivity contribution in [1.82, 2.24) is 10.9 Å². The van der Waals surface area contributed by atoms with Gasteiger partial charge in [0.05, 0.1) is 5.38 Å². The quantitative estimate of drug-likeness (QED) is 0.542. The lowest BCUT2D eigenvalue weighted by atomic mass is 10.0. The Balaban J connectivity index is 2.63. The molecule has 0 saturated heterocycles. The number of nitrogens with one attached hydrogen (secondary N) is 2. The van der Waals surface area contributed by atoms with Crippen LogP contribution in [-0.2, 0) is 9.59 Å². The lowest BCUT2D eigenvalue weighted by molar-refractivity contribution is -0.125. The van der Waals surface area contributed by atoms with E-state index in [9.17, 15) is 9.59 Å². The minimum atomic E-state index is -0.462. The molecule has 0 heterocycles. The molecule has 0 aromatic rings. The van der Waals surface area contributed by atoms with Crippen molar-refractivity contribution in [3.05, 3.63) is 22.8 Å². The van der Waals surface area contributed by atoms with E-state index in [-0.39, 0.29) is 5.91 Å². The molecule has 0 fully saturated rings. The van der Waals surface area contributed by atoms with Gasteiger partial charge in [-0.05, 0) is 6.08 Å². The van der Waals surface area contributed by atoms with Crippen LogP contribution in [0.1, 0.15) is 13.3 Å². The van der Waals surface area contributed by atoms with E-state index in [2.05, 4.69) is 10.9 Å². The zero-order valence-electron chi connectivity index (χ0n) is 8.01. The van der Waals surface area contributed by atoms with Crippen molar-refractivity contribution in [3.63, 3.8) is 0 Å². The Labute approximate surface area is 97.3 Å². The number of amides is 2. The van der Waals surface area contributed by atoms with E-state index >= 15 is 0 Å². The van der Waals surface area contributed by atoms with Crippen molar-refractivity contribution in [2.75, 3.05) is 0 Å². The molecule has 0 bridgehead atoms. The first-order valence-electron chi connectivity index (χ1n) is 4.28. The Bertz CT molecular complexity index is 350. The lowest BCUT2D eigenvalue weighted by Gasteiger charge is -2.16. The fourth-order valence-electron chi connectivity index (χ4n) is 1.07. The Morgan fingerprint density at radius 3 is 2.60 bits per heavy atom. The Morgan fingerprint density at radius 1 is 1.40 bits per heavy atom. The molecule has 0 aromatic carbocycles. The number of halogens is 2. The zero-order chi connectivity index (χ0) is 11.4. The SMILES string of the molecule is CC(=O)NNC(=O)C1=CC=C(Cl)CC1Cl. The topological polar surface area (TPSA) is 58.2 Å². The number of hydrazine groups is 1. The fraction of sp³-hybridized carbons (Fsp3) is 0.333. The summed E-state index contributed by atoms with van der Waals surface area (Å²) in [6.07, 6.45) is 3.58. The van der Waals surface area contributed by atoms with Crippen LogP contribution < -0.4 is 10.9 Å². The maximum atomic E-state index is 11.5. The predicted molar refractivity (Wildman–Crippen MR) is 58.2 cm³/mol. The monoisotopic (exact) mass is 248 g/mol. The number of carbonyl (C=O) groups excluding carboxylic acids is 2. The highest BCUT2D eigenvalue weighted by molar-refractivity contribution is 6.32. The number of hydrogen-bond acceptors (Lipinski definition) is 2. The van der Waals surface area contributed by atoms with E-state index in [1.165, 1.54) is 6.92 Å². The molecular weight excluding hydrogens is 239 g/mol. The molecule has 0 aromatic heterocycles. The molecule has 1 unspecified atom stereocenters. The van der Waals surface area contributed by atoms with E-state index in [0.29, 0.717) is 17.0 Å². The summed E-state index contributed by atoms with van der Waals surface area (Å²) in [4.78, 5) is 22.0. The smallest absolute Gasteiger partial charge is 0.267 e. The molecule has 2 amide bonds. The van der Waals surface area contributed by atoms with Crippen LogP contribution in [0, 0.1) is 0 Å². The molecule has 0 saturated carbocycles. The highest BCUT2D eigenvalue weighted by Crippen LogP contribution is 2.25. The second-order valence-electron chi connectivity index (χ2n) is 3.04. The summed E-state index contributed by atoms with van der Waals surface area (Å²) in [5.74, 6) is -0.773. The molecule has 1 rings (SSSR count). The van der Waals surface area contributed by atoms with Crippen LogP contribution in [0.2, 0.25) is 0 Å². The fourth-order valence-corrected chi connectivity index (χ4v) is 1.70. The third kappa shape index (κ3) is 3.57. The van der Waals surface area contributed by atoms with E-state index in [0.717, 1.165) is 0 Å². The molecule has 1 aliphatic carbocycles. The molecule has 15 heavy (non-hydrogen) atoms. The van der Waals surface area contributed by atoms with E-state index in [4.69, 9.17) is 23.2 Å². The Hall–Kier alpha value is -1.000. The van der Waals surface area contributed by atoms with Crippen molar-refractivity contribution in [2.24, 2.45) is 0 Å². The summed E-state index contributed by atoms with van der Waals surface area (Å²) < 4.78 is 0. The van der Waals surface area contributed by atoms with E-state index in [1.807, 2.05) is 0 Å². The van der Waals surface area contributed by atoms with Gasteiger partial charge in [0.1, 0.15) is 0 Å². The zero-order valence-corrected chi connectivity index (χ0v) is 9.52. The third-order valence-corrected chi connectivity index (χ3v) is 2.44. The van der Waals surface area contributed by atoms with Crippen LogP contribution in [0.5, 0.6) is 0 Å². The molecule has 2 N–H and O–H groups in total. The predicted octanol–water partition coefficient (Wildman–Crippen LogP) is 1.21. The molecule has 1 aliphatic rings. The number of alkyl halides is 1. The molecular formula is C9H10Cl2N2O2. The molecule has 1 atom stereocenters. The normalized spacial score (nSPS) is 20.1. The van der Waals surface area contributed by atoms with Gasteiger partial charge in [-0.15, -0.1) is 11.6 Å². The van der Waals surface area contributed by atoms with E-state index in [1.54, 1.807) is 12.2 Å². The standard InChI is InChI=1S/C9H10Cl2N2O2/c1-5(14)12-13-9(15)7-3-2-6(10)4-8(7)11/h2-3,8H,4H2,1H3,(H,12,14)(H,13,15). The van der Waals surface area contributed by atoms with Gasteiger partial charge in [0.25, 0.3) is 5.91 Å². The van der Waals surface area contributed by atoms with Gasteiger partial charge in [-0.25, -0.2) is 0 Å². The van der Waals surface area contributed by atoms with Gasteiger partial charge in [0.2, 0.25) is 5.91 Å². The van der Waals surface area contributed by atoms with E-state index < -0.39 is 11.3 Å². The van der Waals surface area contributed by atoms with Gasteiger partial charge >= 0.3 is 0 Å². The first-order valence-corrected chi connectivity index (χ1v) is 5.09. The van der Waals surface area contributed by atoms with Gasteiger partial charge in [0, 0.05) is 23.9 Å². The van der Waals surface area contributed by atoms with Crippen molar-refractivity contribution in [2.45, 2.75) is 18.7 Å². The number of allylic oxidation sites excluding steroid dienone is 3. The summed E-state index contributed by atoms with van der Waals surface area (Å²) in [7, 11) is 0. The maximum Gasteiger partial charge on any atom is 0.267 e. The second kappa shape index (κ2) is 5.19. The number of carbonyl (C=O) groups is 2. The summed E-state index contributed by atoms with van der Waals surface area (Å²) in [6.45, 7) is 1.30. The third-order valence-electron chi connectivity index (χ3n) is 1.77. The highest BCUT2D eigenvalue weighted by Gasteiger charge is 2.22. The highest BCUT2D eigenvalue weighted by atomic mass is 35.5. The summed E-state index contributed by atoms with van der Waals surface area (Å²) >= 11 is 11.7. The number of rotatable bonds is 1. The molecule has 4 nitrogen and oxygen atoms in total.